The topological polar surface area (TPSA) is 49.5 Å². The third-order valence-corrected chi connectivity index (χ3v) is 4.42. The van der Waals surface area contributed by atoms with Gasteiger partial charge in [0.1, 0.15) is 5.75 Å². The zero-order valence-electron chi connectivity index (χ0n) is 10.4. The van der Waals surface area contributed by atoms with Crippen molar-refractivity contribution in [2.24, 2.45) is 11.7 Å². The molecular formula is C13H18Cl2N2O. The lowest BCUT2D eigenvalue weighted by Gasteiger charge is -2.33. The number of aromatic hydroxyl groups is 1. The Kier molecular flexibility index (Phi) is 4.38. The highest BCUT2D eigenvalue weighted by Gasteiger charge is 2.26. The zero-order chi connectivity index (χ0) is 13.3. The molecule has 3 nitrogen and oxygen atoms in total. The van der Waals surface area contributed by atoms with Crippen LogP contribution in [0.4, 0.5) is 0 Å². The van der Waals surface area contributed by atoms with E-state index >= 15 is 0 Å². The standard InChI is InChI=1S/C13H18Cl2N2O/c1-17-4-2-8(3-5-17)13(16)9-6-10(14)11(15)7-12(9)18/h6-8,13,18H,2-5,16H2,1H3. The van der Waals surface area contributed by atoms with Crippen molar-refractivity contribution in [2.75, 3.05) is 20.1 Å². The quantitative estimate of drug-likeness (QED) is 0.879. The third-order valence-electron chi connectivity index (χ3n) is 3.70. The normalized spacial score (nSPS) is 20.0. The van der Waals surface area contributed by atoms with Crippen LogP contribution in [0.3, 0.4) is 0 Å². The van der Waals surface area contributed by atoms with E-state index in [0.29, 0.717) is 21.5 Å². The predicted molar refractivity (Wildman–Crippen MR) is 75.3 cm³/mol. The van der Waals surface area contributed by atoms with Gasteiger partial charge < -0.3 is 15.7 Å². The number of likely N-dealkylation sites (tertiary alicyclic amines) is 1. The van der Waals surface area contributed by atoms with Gasteiger partial charge in [0.25, 0.3) is 0 Å². The van der Waals surface area contributed by atoms with E-state index in [1.807, 2.05) is 0 Å². The van der Waals surface area contributed by atoms with Gasteiger partial charge in [-0.15, -0.1) is 0 Å². The predicted octanol–water partition coefficient (Wildman–Crippen LogP) is 3.04. The summed E-state index contributed by atoms with van der Waals surface area (Å²) in [4.78, 5) is 2.29. The van der Waals surface area contributed by atoms with E-state index in [1.165, 1.54) is 6.07 Å². The van der Waals surface area contributed by atoms with Gasteiger partial charge in [-0.05, 0) is 45.0 Å². The lowest BCUT2D eigenvalue weighted by atomic mass is 9.86. The lowest BCUT2D eigenvalue weighted by molar-refractivity contribution is 0.198. The molecule has 18 heavy (non-hydrogen) atoms. The Hall–Kier alpha value is -0.480. The Balaban J connectivity index is 2.18. The fraction of sp³-hybridized carbons (Fsp3) is 0.538. The van der Waals surface area contributed by atoms with Crippen molar-refractivity contribution in [1.29, 1.82) is 0 Å². The molecule has 2 rings (SSSR count). The number of hydrogen-bond donors (Lipinski definition) is 2. The Labute approximate surface area is 117 Å². The van der Waals surface area contributed by atoms with Crippen LogP contribution >= 0.6 is 23.2 Å². The molecule has 0 amide bonds. The highest BCUT2D eigenvalue weighted by Crippen LogP contribution is 2.37. The van der Waals surface area contributed by atoms with Crippen molar-refractivity contribution in [3.8, 4) is 5.75 Å². The van der Waals surface area contributed by atoms with Crippen molar-refractivity contribution in [1.82, 2.24) is 4.90 Å². The van der Waals surface area contributed by atoms with Crippen LogP contribution in [0.5, 0.6) is 5.75 Å². The molecule has 1 heterocycles. The van der Waals surface area contributed by atoms with Crippen molar-refractivity contribution in [3.63, 3.8) is 0 Å². The number of phenols is 1. The summed E-state index contributed by atoms with van der Waals surface area (Å²) in [5.41, 5.74) is 6.95. The molecule has 1 unspecified atom stereocenters. The first-order valence-corrected chi connectivity index (χ1v) is 6.86. The highest BCUT2D eigenvalue weighted by molar-refractivity contribution is 6.42. The van der Waals surface area contributed by atoms with Gasteiger partial charge in [0.05, 0.1) is 10.0 Å². The summed E-state index contributed by atoms with van der Waals surface area (Å²) in [5.74, 6) is 0.514. The Morgan fingerprint density at radius 1 is 1.28 bits per heavy atom. The average molecular weight is 289 g/mol. The summed E-state index contributed by atoms with van der Waals surface area (Å²) in [6, 6.07) is 2.96. The summed E-state index contributed by atoms with van der Waals surface area (Å²) in [5, 5.41) is 10.7. The van der Waals surface area contributed by atoms with Gasteiger partial charge in [0, 0.05) is 17.7 Å². The van der Waals surface area contributed by atoms with E-state index in [-0.39, 0.29) is 11.8 Å². The minimum atomic E-state index is -0.187. The van der Waals surface area contributed by atoms with E-state index in [0.717, 1.165) is 25.9 Å². The minimum absolute atomic E-state index is 0.135. The van der Waals surface area contributed by atoms with Crippen molar-refractivity contribution in [2.45, 2.75) is 18.9 Å². The van der Waals surface area contributed by atoms with Crippen LogP contribution in [0.25, 0.3) is 0 Å². The van der Waals surface area contributed by atoms with Gasteiger partial charge in [-0.3, -0.25) is 0 Å². The monoisotopic (exact) mass is 288 g/mol. The smallest absolute Gasteiger partial charge is 0.121 e. The third kappa shape index (κ3) is 2.91. The van der Waals surface area contributed by atoms with Gasteiger partial charge in [-0.1, -0.05) is 23.2 Å². The van der Waals surface area contributed by atoms with Crippen LogP contribution in [0.1, 0.15) is 24.4 Å². The molecule has 1 saturated heterocycles. The molecule has 0 bridgehead atoms. The first-order chi connectivity index (χ1) is 8.49. The number of hydrogen-bond acceptors (Lipinski definition) is 3. The zero-order valence-corrected chi connectivity index (χ0v) is 11.9. The second-order valence-electron chi connectivity index (χ2n) is 4.99. The van der Waals surface area contributed by atoms with Crippen LogP contribution in [-0.4, -0.2) is 30.1 Å². The molecule has 0 radical (unpaired) electrons. The Morgan fingerprint density at radius 3 is 2.44 bits per heavy atom. The maximum atomic E-state index is 9.94. The first kappa shape index (κ1) is 13.9. The number of halogens is 2. The Morgan fingerprint density at radius 2 is 1.83 bits per heavy atom. The van der Waals surface area contributed by atoms with E-state index in [4.69, 9.17) is 28.9 Å². The molecule has 0 spiro atoms. The molecule has 1 fully saturated rings. The van der Waals surface area contributed by atoms with Gasteiger partial charge in [-0.25, -0.2) is 0 Å². The molecule has 1 aliphatic heterocycles. The summed E-state index contributed by atoms with van der Waals surface area (Å²) in [6.07, 6.45) is 2.08. The molecular weight excluding hydrogens is 271 g/mol. The van der Waals surface area contributed by atoms with Crippen LogP contribution in [0.15, 0.2) is 12.1 Å². The minimum Gasteiger partial charge on any atom is -0.508 e. The van der Waals surface area contributed by atoms with Gasteiger partial charge in [0.2, 0.25) is 0 Å². The van der Waals surface area contributed by atoms with Gasteiger partial charge in [-0.2, -0.15) is 0 Å². The maximum Gasteiger partial charge on any atom is 0.121 e. The molecule has 1 atom stereocenters. The van der Waals surface area contributed by atoms with E-state index in [1.54, 1.807) is 6.07 Å². The molecule has 0 saturated carbocycles. The molecule has 100 valence electrons. The summed E-state index contributed by atoms with van der Waals surface area (Å²) < 4.78 is 0. The van der Waals surface area contributed by atoms with Crippen LogP contribution < -0.4 is 5.73 Å². The number of rotatable bonds is 2. The molecule has 1 aliphatic rings. The van der Waals surface area contributed by atoms with Gasteiger partial charge in [0.15, 0.2) is 0 Å². The summed E-state index contributed by atoms with van der Waals surface area (Å²) >= 11 is 11.8. The second-order valence-corrected chi connectivity index (χ2v) is 5.81. The van der Waals surface area contributed by atoms with Crippen molar-refractivity contribution in [3.05, 3.63) is 27.7 Å². The van der Waals surface area contributed by atoms with Crippen LogP contribution in [-0.2, 0) is 0 Å². The van der Waals surface area contributed by atoms with E-state index < -0.39 is 0 Å². The summed E-state index contributed by atoms with van der Waals surface area (Å²) in [7, 11) is 2.11. The SMILES string of the molecule is CN1CCC(C(N)c2cc(Cl)c(Cl)cc2O)CC1. The first-order valence-electron chi connectivity index (χ1n) is 6.11. The molecule has 0 aliphatic carbocycles. The van der Waals surface area contributed by atoms with E-state index in [2.05, 4.69) is 11.9 Å². The van der Waals surface area contributed by atoms with Crippen molar-refractivity contribution >= 4 is 23.2 Å². The molecule has 1 aromatic carbocycles. The average Bonchev–Trinajstić information content (AvgIpc) is 2.34. The maximum absolute atomic E-state index is 9.94. The number of phenolic OH excluding ortho intramolecular Hbond substituents is 1. The summed E-state index contributed by atoms with van der Waals surface area (Å²) in [6.45, 7) is 2.08. The number of benzene rings is 1. The highest BCUT2D eigenvalue weighted by atomic mass is 35.5. The van der Waals surface area contributed by atoms with E-state index in [9.17, 15) is 5.11 Å². The fourth-order valence-corrected chi connectivity index (χ4v) is 2.79. The van der Waals surface area contributed by atoms with Crippen LogP contribution in [0, 0.1) is 5.92 Å². The van der Waals surface area contributed by atoms with Crippen LogP contribution in [0.2, 0.25) is 10.0 Å². The molecule has 3 N–H and O–H groups in total. The number of nitrogens with zero attached hydrogens (tertiary/aromatic N) is 1. The Bertz CT molecular complexity index is 431. The molecule has 0 aromatic heterocycles. The molecule has 5 heteroatoms. The fourth-order valence-electron chi connectivity index (χ4n) is 2.46. The largest absolute Gasteiger partial charge is 0.508 e. The lowest BCUT2D eigenvalue weighted by Crippen LogP contribution is -2.35. The van der Waals surface area contributed by atoms with Crippen molar-refractivity contribution < 1.29 is 5.11 Å². The molecule has 1 aromatic rings. The second kappa shape index (κ2) is 5.66. The number of nitrogens with two attached hydrogens (primary N) is 1. The van der Waals surface area contributed by atoms with Gasteiger partial charge >= 0.3 is 0 Å². The number of piperidine rings is 1.